The minimum absolute atomic E-state index is 0. The highest BCUT2D eigenvalue weighted by Gasteiger charge is 2.44. The summed E-state index contributed by atoms with van der Waals surface area (Å²) in [5.41, 5.74) is 2.12. The molecule has 134 valence electrons. The first-order chi connectivity index (χ1) is 11.6. The number of hydrogen-bond acceptors (Lipinski definition) is 3. The van der Waals surface area contributed by atoms with Gasteiger partial charge in [0.25, 0.3) is 0 Å². The topological polar surface area (TPSA) is 49.4 Å². The minimum atomic E-state index is -3.43. The van der Waals surface area contributed by atoms with Crippen LogP contribution in [0.25, 0.3) is 11.1 Å². The van der Waals surface area contributed by atoms with E-state index in [1.165, 1.54) is 0 Å². The molecule has 0 aliphatic carbocycles. The van der Waals surface area contributed by atoms with E-state index in [2.05, 4.69) is 5.32 Å². The van der Waals surface area contributed by atoms with Gasteiger partial charge in [-0.1, -0.05) is 42.5 Å². The third-order valence-corrected chi connectivity index (χ3v) is 7.16. The van der Waals surface area contributed by atoms with Crippen molar-refractivity contribution in [2.75, 3.05) is 26.2 Å². The van der Waals surface area contributed by atoms with Crippen LogP contribution >= 0.6 is 12.4 Å². The second-order valence-electron chi connectivity index (χ2n) is 6.91. The second-order valence-corrected chi connectivity index (χ2v) is 8.85. The summed E-state index contributed by atoms with van der Waals surface area (Å²) in [6, 6.07) is 17.2. The Kier molecular flexibility index (Phi) is 5.21. The molecule has 1 N–H and O–H groups in total. The van der Waals surface area contributed by atoms with Crippen molar-refractivity contribution in [2.24, 2.45) is 5.41 Å². The van der Waals surface area contributed by atoms with E-state index in [1.807, 2.05) is 42.5 Å². The molecule has 2 heterocycles. The van der Waals surface area contributed by atoms with Gasteiger partial charge in [-0.25, -0.2) is 8.42 Å². The predicted molar refractivity (Wildman–Crippen MR) is 102 cm³/mol. The molecule has 4 rings (SSSR count). The predicted octanol–water partition coefficient (Wildman–Crippen LogP) is 3.15. The molecule has 1 spiro atoms. The zero-order valence-corrected chi connectivity index (χ0v) is 15.7. The average Bonchev–Trinajstić information content (AvgIpc) is 3.26. The summed E-state index contributed by atoms with van der Waals surface area (Å²) in [5, 5.41) is 3.38. The van der Waals surface area contributed by atoms with E-state index in [-0.39, 0.29) is 17.8 Å². The summed E-state index contributed by atoms with van der Waals surface area (Å²) in [5.74, 6) is 0. The highest BCUT2D eigenvalue weighted by atomic mass is 35.5. The van der Waals surface area contributed by atoms with Crippen LogP contribution in [-0.4, -0.2) is 38.9 Å². The van der Waals surface area contributed by atoms with Gasteiger partial charge in [0.05, 0.1) is 4.90 Å². The standard InChI is InChI=1S/C19H22N2O2S.ClH/c22-24(23,21-12-10-19(15-21)9-11-20-14-19)18-8-4-7-17(13-18)16-5-2-1-3-6-16;/h1-8,13,20H,9-12,14-15H2;1H. The molecule has 2 aromatic carbocycles. The van der Waals surface area contributed by atoms with Crippen molar-refractivity contribution in [3.63, 3.8) is 0 Å². The normalized spacial score (nSPS) is 23.7. The Balaban J connectivity index is 0.00000182. The van der Waals surface area contributed by atoms with Crippen LogP contribution < -0.4 is 5.32 Å². The van der Waals surface area contributed by atoms with Crippen LogP contribution in [0.15, 0.2) is 59.5 Å². The Labute approximate surface area is 155 Å². The molecule has 2 aliphatic rings. The molecule has 6 heteroatoms. The zero-order valence-electron chi connectivity index (χ0n) is 14.0. The number of benzene rings is 2. The molecule has 2 aliphatic heterocycles. The monoisotopic (exact) mass is 378 g/mol. The van der Waals surface area contributed by atoms with E-state index in [9.17, 15) is 8.42 Å². The summed E-state index contributed by atoms with van der Waals surface area (Å²) in [6.45, 7) is 3.19. The van der Waals surface area contributed by atoms with Crippen LogP contribution in [0.4, 0.5) is 0 Å². The first kappa shape index (κ1) is 18.4. The summed E-state index contributed by atoms with van der Waals surface area (Å²) in [6.07, 6.45) is 2.03. The molecule has 4 nitrogen and oxygen atoms in total. The van der Waals surface area contributed by atoms with Gasteiger partial charge in [-0.2, -0.15) is 4.31 Å². The molecule has 0 bridgehead atoms. The maximum atomic E-state index is 13.1. The lowest BCUT2D eigenvalue weighted by atomic mass is 9.87. The lowest BCUT2D eigenvalue weighted by Crippen LogP contribution is -2.33. The van der Waals surface area contributed by atoms with Gasteiger partial charge in [0, 0.05) is 19.6 Å². The van der Waals surface area contributed by atoms with Crippen molar-refractivity contribution in [3.05, 3.63) is 54.6 Å². The summed E-state index contributed by atoms with van der Waals surface area (Å²) >= 11 is 0. The third-order valence-electron chi connectivity index (χ3n) is 5.31. The average molecular weight is 379 g/mol. The number of halogens is 1. The van der Waals surface area contributed by atoms with Crippen molar-refractivity contribution in [3.8, 4) is 11.1 Å². The molecule has 1 atom stereocenters. The van der Waals surface area contributed by atoms with Crippen molar-refractivity contribution in [1.29, 1.82) is 0 Å². The van der Waals surface area contributed by atoms with E-state index >= 15 is 0 Å². The van der Waals surface area contributed by atoms with Crippen LogP contribution in [0.1, 0.15) is 12.8 Å². The number of hydrogen-bond donors (Lipinski definition) is 1. The fourth-order valence-corrected chi connectivity index (χ4v) is 5.46. The number of sulfonamides is 1. The fourth-order valence-electron chi connectivity index (χ4n) is 3.86. The summed E-state index contributed by atoms with van der Waals surface area (Å²) in [4.78, 5) is 0.395. The summed E-state index contributed by atoms with van der Waals surface area (Å²) < 4.78 is 27.8. The van der Waals surface area contributed by atoms with E-state index in [1.54, 1.807) is 16.4 Å². The van der Waals surface area contributed by atoms with Crippen molar-refractivity contribution in [2.45, 2.75) is 17.7 Å². The van der Waals surface area contributed by atoms with Gasteiger partial charge in [0.1, 0.15) is 0 Å². The van der Waals surface area contributed by atoms with Gasteiger partial charge in [0.15, 0.2) is 0 Å². The molecule has 0 amide bonds. The van der Waals surface area contributed by atoms with Gasteiger partial charge in [-0.3, -0.25) is 0 Å². The Bertz CT molecular complexity index is 834. The van der Waals surface area contributed by atoms with Gasteiger partial charge in [-0.05, 0) is 48.1 Å². The Hall–Kier alpha value is -1.40. The molecule has 2 aromatic rings. The number of nitrogens with zero attached hydrogens (tertiary/aromatic N) is 1. The number of rotatable bonds is 3. The highest BCUT2D eigenvalue weighted by Crippen LogP contribution is 2.38. The van der Waals surface area contributed by atoms with Gasteiger partial charge in [-0.15, -0.1) is 12.4 Å². The van der Waals surface area contributed by atoms with E-state index < -0.39 is 10.0 Å². The Morgan fingerprint density at radius 2 is 1.72 bits per heavy atom. The van der Waals surface area contributed by atoms with Crippen LogP contribution in [0.3, 0.4) is 0 Å². The molecule has 2 saturated heterocycles. The fraction of sp³-hybridized carbons (Fsp3) is 0.368. The molecular weight excluding hydrogens is 356 g/mol. The van der Waals surface area contributed by atoms with Crippen molar-refractivity contribution >= 4 is 22.4 Å². The molecule has 1 unspecified atom stereocenters. The largest absolute Gasteiger partial charge is 0.316 e. The molecular formula is C19H23ClN2O2S. The van der Waals surface area contributed by atoms with Crippen LogP contribution in [-0.2, 0) is 10.0 Å². The maximum absolute atomic E-state index is 13.1. The van der Waals surface area contributed by atoms with Gasteiger partial charge in [0.2, 0.25) is 10.0 Å². The molecule has 25 heavy (non-hydrogen) atoms. The lowest BCUT2D eigenvalue weighted by Gasteiger charge is -2.22. The quantitative estimate of drug-likeness (QED) is 0.892. The smallest absolute Gasteiger partial charge is 0.243 e. The first-order valence-electron chi connectivity index (χ1n) is 8.46. The van der Waals surface area contributed by atoms with E-state index in [0.717, 1.165) is 37.1 Å². The van der Waals surface area contributed by atoms with Gasteiger partial charge >= 0.3 is 0 Å². The first-order valence-corrected chi connectivity index (χ1v) is 9.90. The highest BCUT2D eigenvalue weighted by molar-refractivity contribution is 7.89. The van der Waals surface area contributed by atoms with E-state index in [4.69, 9.17) is 0 Å². The summed E-state index contributed by atoms with van der Waals surface area (Å²) in [7, 11) is -3.43. The molecule has 2 fully saturated rings. The minimum Gasteiger partial charge on any atom is -0.316 e. The molecule has 0 radical (unpaired) electrons. The van der Waals surface area contributed by atoms with Crippen molar-refractivity contribution < 1.29 is 8.42 Å². The second kappa shape index (κ2) is 7.08. The third kappa shape index (κ3) is 3.47. The zero-order chi connectivity index (χ0) is 16.6. The van der Waals surface area contributed by atoms with Crippen LogP contribution in [0.2, 0.25) is 0 Å². The maximum Gasteiger partial charge on any atom is 0.243 e. The van der Waals surface area contributed by atoms with Crippen molar-refractivity contribution in [1.82, 2.24) is 9.62 Å². The van der Waals surface area contributed by atoms with Crippen LogP contribution in [0, 0.1) is 5.41 Å². The Morgan fingerprint density at radius 3 is 2.44 bits per heavy atom. The van der Waals surface area contributed by atoms with Gasteiger partial charge < -0.3 is 5.32 Å². The number of nitrogens with one attached hydrogen (secondary N) is 1. The molecule has 0 aromatic heterocycles. The Morgan fingerprint density at radius 1 is 0.960 bits per heavy atom. The van der Waals surface area contributed by atoms with Crippen LogP contribution in [0.5, 0.6) is 0 Å². The molecule has 0 saturated carbocycles. The lowest BCUT2D eigenvalue weighted by molar-refractivity contribution is 0.338. The SMILES string of the molecule is Cl.O=S(=O)(c1cccc(-c2ccccc2)c1)N1CCC2(CCNC2)C1. The van der Waals surface area contributed by atoms with E-state index in [0.29, 0.717) is 18.0 Å².